The van der Waals surface area contributed by atoms with Crippen LogP contribution in [-0.2, 0) is 19.4 Å². The van der Waals surface area contributed by atoms with Crippen LogP contribution in [0.2, 0.25) is 0 Å². The van der Waals surface area contributed by atoms with Gasteiger partial charge in [0.15, 0.2) is 0 Å². The number of hydrogen-bond acceptors (Lipinski definition) is 2. The quantitative estimate of drug-likeness (QED) is 0.752. The van der Waals surface area contributed by atoms with Gasteiger partial charge in [0.05, 0.1) is 5.69 Å². The molecule has 78 valence electrons. The van der Waals surface area contributed by atoms with Crippen molar-refractivity contribution >= 4 is 0 Å². The summed E-state index contributed by atoms with van der Waals surface area (Å²) in [5, 5.41) is 8.97. The average Bonchev–Trinajstić information content (AvgIpc) is 2.58. The molecule has 0 saturated heterocycles. The monoisotopic (exact) mass is 194 g/mol. The Bertz CT molecular complexity index is 317. The van der Waals surface area contributed by atoms with Crippen LogP contribution in [0.4, 0.5) is 0 Å². The van der Waals surface area contributed by atoms with Gasteiger partial charge in [-0.1, -0.05) is 13.8 Å². The largest absolute Gasteiger partial charge is 0.388 e. The summed E-state index contributed by atoms with van der Waals surface area (Å²) in [6.07, 6.45) is 3.40. The van der Waals surface area contributed by atoms with E-state index in [0.717, 1.165) is 30.5 Å². The van der Waals surface area contributed by atoms with Crippen molar-refractivity contribution in [1.82, 2.24) is 9.97 Å². The number of nitrogens with zero attached hydrogens (tertiary/aromatic N) is 1. The second kappa shape index (κ2) is 3.73. The fraction of sp³-hybridized carbons (Fsp3) is 0.727. The molecule has 3 nitrogen and oxygen atoms in total. The first-order chi connectivity index (χ1) is 6.70. The number of rotatable bonds is 2. The molecule has 2 rings (SSSR count). The Labute approximate surface area is 84.6 Å². The van der Waals surface area contributed by atoms with Crippen LogP contribution in [0.3, 0.4) is 0 Å². The summed E-state index contributed by atoms with van der Waals surface area (Å²) in [7, 11) is 0. The molecule has 0 aromatic carbocycles. The van der Waals surface area contributed by atoms with Crippen molar-refractivity contribution in [2.75, 3.05) is 0 Å². The average molecular weight is 194 g/mol. The molecule has 0 saturated carbocycles. The number of aryl methyl sites for hydroxylation is 1. The summed E-state index contributed by atoms with van der Waals surface area (Å²) in [6.45, 7) is 4.58. The zero-order valence-electron chi connectivity index (χ0n) is 8.88. The Balaban J connectivity index is 2.17. The lowest BCUT2D eigenvalue weighted by Crippen LogP contribution is -2.18. The third-order valence-corrected chi connectivity index (χ3v) is 3.22. The maximum atomic E-state index is 8.97. The van der Waals surface area contributed by atoms with Crippen molar-refractivity contribution in [2.24, 2.45) is 11.8 Å². The number of H-pyrrole nitrogens is 1. The SMILES string of the molecule is CC(C)C1CCc2nc(CO)[nH]c2C1. The zero-order chi connectivity index (χ0) is 10.1. The highest BCUT2D eigenvalue weighted by Gasteiger charge is 2.23. The van der Waals surface area contributed by atoms with E-state index in [9.17, 15) is 0 Å². The van der Waals surface area contributed by atoms with Gasteiger partial charge in [-0.05, 0) is 31.1 Å². The fourth-order valence-electron chi connectivity index (χ4n) is 2.21. The van der Waals surface area contributed by atoms with Gasteiger partial charge in [0, 0.05) is 5.69 Å². The van der Waals surface area contributed by atoms with Crippen LogP contribution in [0.25, 0.3) is 0 Å². The Hall–Kier alpha value is -0.830. The number of aromatic amines is 1. The number of aliphatic hydroxyl groups excluding tert-OH is 1. The molecule has 1 atom stereocenters. The molecule has 2 N–H and O–H groups in total. The van der Waals surface area contributed by atoms with Crippen molar-refractivity contribution in [2.45, 2.75) is 39.7 Å². The van der Waals surface area contributed by atoms with Gasteiger partial charge in [0.25, 0.3) is 0 Å². The van der Waals surface area contributed by atoms with Gasteiger partial charge in [-0.15, -0.1) is 0 Å². The summed E-state index contributed by atoms with van der Waals surface area (Å²) in [5.41, 5.74) is 2.42. The minimum Gasteiger partial charge on any atom is -0.388 e. The molecule has 3 heteroatoms. The molecule has 0 aliphatic heterocycles. The predicted molar refractivity (Wildman–Crippen MR) is 54.9 cm³/mol. The number of aromatic nitrogens is 2. The maximum Gasteiger partial charge on any atom is 0.132 e. The van der Waals surface area contributed by atoms with Gasteiger partial charge in [-0.3, -0.25) is 0 Å². The van der Waals surface area contributed by atoms with E-state index >= 15 is 0 Å². The lowest BCUT2D eigenvalue weighted by molar-refractivity contribution is 0.272. The van der Waals surface area contributed by atoms with E-state index in [4.69, 9.17) is 5.11 Å². The third-order valence-electron chi connectivity index (χ3n) is 3.22. The van der Waals surface area contributed by atoms with Crippen LogP contribution in [-0.4, -0.2) is 15.1 Å². The van der Waals surface area contributed by atoms with Crippen LogP contribution in [0.15, 0.2) is 0 Å². The first-order valence-electron chi connectivity index (χ1n) is 5.38. The fourth-order valence-corrected chi connectivity index (χ4v) is 2.21. The molecule has 14 heavy (non-hydrogen) atoms. The van der Waals surface area contributed by atoms with Crippen LogP contribution in [0.1, 0.15) is 37.5 Å². The van der Waals surface area contributed by atoms with E-state index in [-0.39, 0.29) is 6.61 Å². The molecule has 0 radical (unpaired) electrons. The van der Waals surface area contributed by atoms with Crippen LogP contribution < -0.4 is 0 Å². The van der Waals surface area contributed by atoms with Gasteiger partial charge in [-0.2, -0.15) is 0 Å². The van der Waals surface area contributed by atoms with Gasteiger partial charge >= 0.3 is 0 Å². The third kappa shape index (κ3) is 1.69. The second-order valence-electron chi connectivity index (χ2n) is 4.51. The smallest absolute Gasteiger partial charge is 0.132 e. The highest BCUT2D eigenvalue weighted by molar-refractivity contribution is 5.18. The first-order valence-corrected chi connectivity index (χ1v) is 5.38. The first kappa shape index (κ1) is 9.71. The van der Waals surface area contributed by atoms with E-state index in [1.165, 1.54) is 17.8 Å². The molecule has 0 fully saturated rings. The molecule has 1 aromatic rings. The molecule has 0 spiro atoms. The van der Waals surface area contributed by atoms with Crippen LogP contribution in [0, 0.1) is 11.8 Å². The van der Waals surface area contributed by atoms with Crippen molar-refractivity contribution in [3.05, 3.63) is 17.2 Å². The number of nitrogens with one attached hydrogen (secondary N) is 1. The normalized spacial score (nSPS) is 21.3. The Morgan fingerprint density at radius 2 is 2.36 bits per heavy atom. The topological polar surface area (TPSA) is 48.9 Å². The highest BCUT2D eigenvalue weighted by atomic mass is 16.3. The van der Waals surface area contributed by atoms with E-state index in [0.29, 0.717) is 0 Å². The summed E-state index contributed by atoms with van der Waals surface area (Å²) in [4.78, 5) is 7.56. The van der Waals surface area contributed by atoms with Crippen molar-refractivity contribution in [1.29, 1.82) is 0 Å². The molecule has 1 aliphatic carbocycles. The van der Waals surface area contributed by atoms with E-state index in [2.05, 4.69) is 23.8 Å². The number of fused-ring (bicyclic) bond motifs is 1. The van der Waals surface area contributed by atoms with E-state index < -0.39 is 0 Å². The molecular formula is C11H18N2O. The standard InChI is InChI=1S/C11H18N2O/c1-7(2)8-3-4-9-10(5-8)13-11(6-14)12-9/h7-8,14H,3-6H2,1-2H3,(H,12,13). The van der Waals surface area contributed by atoms with Crippen LogP contribution >= 0.6 is 0 Å². The Morgan fingerprint density at radius 3 is 3.00 bits per heavy atom. The Kier molecular flexibility index (Phi) is 2.59. The molecule has 0 bridgehead atoms. The van der Waals surface area contributed by atoms with Gasteiger partial charge in [-0.25, -0.2) is 4.98 Å². The van der Waals surface area contributed by atoms with E-state index in [1.807, 2.05) is 0 Å². The minimum atomic E-state index is 0.0271. The number of hydrogen-bond donors (Lipinski definition) is 2. The van der Waals surface area contributed by atoms with Crippen molar-refractivity contribution in [3.63, 3.8) is 0 Å². The van der Waals surface area contributed by atoms with Gasteiger partial charge in [0.1, 0.15) is 12.4 Å². The van der Waals surface area contributed by atoms with Crippen molar-refractivity contribution < 1.29 is 5.11 Å². The van der Waals surface area contributed by atoms with Crippen molar-refractivity contribution in [3.8, 4) is 0 Å². The number of aliphatic hydroxyl groups is 1. The molecule has 0 amide bonds. The summed E-state index contributed by atoms with van der Waals surface area (Å²) < 4.78 is 0. The zero-order valence-corrected chi connectivity index (χ0v) is 8.88. The lowest BCUT2D eigenvalue weighted by atomic mass is 9.82. The lowest BCUT2D eigenvalue weighted by Gasteiger charge is -2.24. The minimum absolute atomic E-state index is 0.0271. The predicted octanol–water partition coefficient (Wildman–Crippen LogP) is 1.66. The summed E-state index contributed by atoms with van der Waals surface area (Å²) >= 11 is 0. The second-order valence-corrected chi connectivity index (χ2v) is 4.51. The van der Waals surface area contributed by atoms with Gasteiger partial charge in [0.2, 0.25) is 0 Å². The highest BCUT2D eigenvalue weighted by Crippen LogP contribution is 2.28. The molecule has 1 aromatic heterocycles. The van der Waals surface area contributed by atoms with Crippen LogP contribution in [0.5, 0.6) is 0 Å². The number of imidazole rings is 1. The van der Waals surface area contributed by atoms with E-state index in [1.54, 1.807) is 0 Å². The molecule has 1 heterocycles. The summed E-state index contributed by atoms with van der Waals surface area (Å²) in [5.74, 6) is 2.23. The molecular weight excluding hydrogens is 176 g/mol. The van der Waals surface area contributed by atoms with Gasteiger partial charge < -0.3 is 10.1 Å². The molecule has 1 unspecified atom stereocenters. The molecule has 1 aliphatic rings. The summed E-state index contributed by atoms with van der Waals surface area (Å²) in [6, 6.07) is 0. The maximum absolute atomic E-state index is 8.97. The Morgan fingerprint density at radius 1 is 1.57 bits per heavy atom.